The van der Waals surface area contributed by atoms with E-state index in [1.165, 1.54) is 0 Å². The van der Waals surface area contributed by atoms with Crippen molar-refractivity contribution < 1.29 is 0 Å². The first kappa shape index (κ1) is 9.90. The van der Waals surface area contributed by atoms with Crippen molar-refractivity contribution in [2.24, 2.45) is 0 Å². The van der Waals surface area contributed by atoms with Gasteiger partial charge in [-0.15, -0.1) is 0 Å². The lowest BCUT2D eigenvalue weighted by atomic mass is 10.1. The van der Waals surface area contributed by atoms with E-state index in [1.54, 1.807) is 12.3 Å². The standard InChI is InChI=1S/C10H14ClN3/c1-14-5-4-13-10(7-14)9-6-8(11)2-3-12-9/h2-3,6,10,13H,4-5,7H2,1H3. The SMILES string of the molecule is CN1CCNC(c2cc(Cl)ccn2)C1. The fourth-order valence-electron chi connectivity index (χ4n) is 1.71. The highest BCUT2D eigenvalue weighted by molar-refractivity contribution is 6.30. The van der Waals surface area contributed by atoms with Crippen molar-refractivity contribution in [3.63, 3.8) is 0 Å². The Morgan fingerprint density at radius 2 is 2.50 bits per heavy atom. The molecular weight excluding hydrogens is 198 g/mol. The molecule has 1 unspecified atom stereocenters. The van der Waals surface area contributed by atoms with E-state index in [0.29, 0.717) is 6.04 Å². The number of halogens is 1. The minimum Gasteiger partial charge on any atom is -0.306 e. The average Bonchev–Trinajstić information content (AvgIpc) is 2.18. The van der Waals surface area contributed by atoms with E-state index in [4.69, 9.17) is 11.6 Å². The number of nitrogens with one attached hydrogen (secondary N) is 1. The Morgan fingerprint density at radius 3 is 3.21 bits per heavy atom. The number of pyridine rings is 1. The summed E-state index contributed by atoms with van der Waals surface area (Å²) in [5.74, 6) is 0. The number of hydrogen-bond acceptors (Lipinski definition) is 3. The van der Waals surface area contributed by atoms with Crippen LogP contribution in [0.2, 0.25) is 5.02 Å². The quantitative estimate of drug-likeness (QED) is 0.760. The Hall–Kier alpha value is -0.640. The summed E-state index contributed by atoms with van der Waals surface area (Å²) in [5.41, 5.74) is 1.03. The maximum Gasteiger partial charge on any atom is 0.0625 e. The molecule has 0 bridgehead atoms. The maximum atomic E-state index is 5.92. The highest BCUT2D eigenvalue weighted by atomic mass is 35.5. The van der Waals surface area contributed by atoms with Crippen molar-refractivity contribution in [1.82, 2.24) is 15.2 Å². The molecule has 4 heteroatoms. The molecular formula is C10H14ClN3. The van der Waals surface area contributed by atoms with E-state index in [9.17, 15) is 0 Å². The fraction of sp³-hybridized carbons (Fsp3) is 0.500. The Labute approximate surface area is 89.1 Å². The predicted molar refractivity (Wildman–Crippen MR) is 57.5 cm³/mol. The molecule has 1 aliphatic heterocycles. The summed E-state index contributed by atoms with van der Waals surface area (Å²) in [5, 5.41) is 4.18. The minimum atomic E-state index is 0.312. The van der Waals surface area contributed by atoms with Crippen LogP contribution in [0.3, 0.4) is 0 Å². The molecule has 14 heavy (non-hydrogen) atoms. The molecule has 3 nitrogen and oxygen atoms in total. The summed E-state index contributed by atoms with van der Waals surface area (Å²) < 4.78 is 0. The largest absolute Gasteiger partial charge is 0.306 e. The Balaban J connectivity index is 2.14. The molecule has 1 saturated heterocycles. The molecule has 76 valence electrons. The fourth-order valence-corrected chi connectivity index (χ4v) is 1.88. The third kappa shape index (κ3) is 2.23. The first-order valence-corrected chi connectivity index (χ1v) is 5.17. The number of aromatic nitrogens is 1. The van der Waals surface area contributed by atoms with E-state index >= 15 is 0 Å². The molecule has 0 amide bonds. The molecule has 1 fully saturated rings. The number of rotatable bonds is 1. The van der Waals surface area contributed by atoms with Gasteiger partial charge in [-0.2, -0.15) is 0 Å². The van der Waals surface area contributed by atoms with Crippen LogP contribution < -0.4 is 5.32 Å². The Kier molecular flexibility index (Phi) is 3.01. The van der Waals surface area contributed by atoms with Crippen LogP contribution in [-0.4, -0.2) is 36.6 Å². The van der Waals surface area contributed by atoms with Crippen LogP contribution in [0.1, 0.15) is 11.7 Å². The molecule has 0 aliphatic carbocycles. The smallest absolute Gasteiger partial charge is 0.0625 e. The van der Waals surface area contributed by atoms with Crippen LogP contribution in [0.15, 0.2) is 18.3 Å². The molecule has 0 spiro atoms. The topological polar surface area (TPSA) is 28.2 Å². The van der Waals surface area contributed by atoms with Gasteiger partial charge >= 0.3 is 0 Å². The highest BCUT2D eigenvalue weighted by Gasteiger charge is 2.18. The van der Waals surface area contributed by atoms with Crippen molar-refractivity contribution in [3.05, 3.63) is 29.0 Å². The molecule has 1 aliphatic rings. The normalized spacial score (nSPS) is 23.7. The van der Waals surface area contributed by atoms with Crippen LogP contribution in [0, 0.1) is 0 Å². The first-order chi connectivity index (χ1) is 6.75. The summed E-state index contributed by atoms with van der Waals surface area (Å²) in [6, 6.07) is 4.04. The molecule has 0 aromatic carbocycles. The summed E-state index contributed by atoms with van der Waals surface area (Å²) in [4.78, 5) is 6.62. The molecule has 0 radical (unpaired) electrons. The van der Waals surface area contributed by atoms with Crippen molar-refractivity contribution in [1.29, 1.82) is 0 Å². The van der Waals surface area contributed by atoms with Gasteiger partial charge in [0.05, 0.1) is 11.7 Å². The molecule has 2 heterocycles. The van der Waals surface area contributed by atoms with Crippen molar-refractivity contribution in [2.45, 2.75) is 6.04 Å². The second kappa shape index (κ2) is 4.26. The maximum absolute atomic E-state index is 5.92. The highest BCUT2D eigenvalue weighted by Crippen LogP contribution is 2.17. The van der Waals surface area contributed by atoms with Crippen LogP contribution in [0.25, 0.3) is 0 Å². The monoisotopic (exact) mass is 211 g/mol. The van der Waals surface area contributed by atoms with Crippen molar-refractivity contribution in [3.8, 4) is 0 Å². The molecule has 1 aromatic heterocycles. The molecule has 1 atom stereocenters. The summed E-state index contributed by atoms with van der Waals surface area (Å²) >= 11 is 5.92. The average molecular weight is 212 g/mol. The van der Waals surface area contributed by atoms with Crippen molar-refractivity contribution in [2.75, 3.05) is 26.7 Å². The number of nitrogens with zero attached hydrogens (tertiary/aromatic N) is 2. The van der Waals surface area contributed by atoms with Gasteiger partial charge in [0.1, 0.15) is 0 Å². The van der Waals surface area contributed by atoms with Gasteiger partial charge in [0.25, 0.3) is 0 Å². The molecule has 1 N–H and O–H groups in total. The Morgan fingerprint density at radius 1 is 1.64 bits per heavy atom. The predicted octanol–water partition coefficient (Wildman–Crippen LogP) is 1.31. The van der Waals surface area contributed by atoms with Gasteiger partial charge in [-0.3, -0.25) is 4.98 Å². The van der Waals surface area contributed by atoms with E-state index in [2.05, 4.69) is 22.2 Å². The van der Waals surface area contributed by atoms with Gasteiger partial charge in [-0.1, -0.05) is 11.6 Å². The number of hydrogen-bond donors (Lipinski definition) is 1. The lowest BCUT2D eigenvalue weighted by Gasteiger charge is -2.30. The second-order valence-electron chi connectivity index (χ2n) is 3.67. The van der Waals surface area contributed by atoms with E-state index in [0.717, 1.165) is 30.4 Å². The lowest BCUT2D eigenvalue weighted by Crippen LogP contribution is -2.43. The summed E-state index contributed by atoms with van der Waals surface area (Å²) in [7, 11) is 2.12. The lowest BCUT2D eigenvalue weighted by molar-refractivity contribution is 0.238. The number of piperazine rings is 1. The van der Waals surface area contributed by atoms with Crippen LogP contribution >= 0.6 is 11.6 Å². The summed E-state index contributed by atoms with van der Waals surface area (Å²) in [6.07, 6.45) is 1.76. The second-order valence-corrected chi connectivity index (χ2v) is 4.10. The van der Waals surface area contributed by atoms with Gasteiger partial charge in [0.15, 0.2) is 0 Å². The zero-order valence-electron chi connectivity index (χ0n) is 8.20. The molecule has 2 rings (SSSR count). The zero-order chi connectivity index (χ0) is 9.97. The minimum absolute atomic E-state index is 0.312. The molecule has 1 aromatic rings. The van der Waals surface area contributed by atoms with Gasteiger partial charge in [-0.25, -0.2) is 0 Å². The van der Waals surface area contributed by atoms with Gasteiger partial charge < -0.3 is 10.2 Å². The van der Waals surface area contributed by atoms with Gasteiger partial charge in [-0.05, 0) is 19.2 Å². The third-order valence-electron chi connectivity index (χ3n) is 2.48. The van der Waals surface area contributed by atoms with Gasteiger partial charge in [0.2, 0.25) is 0 Å². The van der Waals surface area contributed by atoms with E-state index < -0.39 is 0 Å². The first-order valence-electron chi connectivity index (χ1n) is 4.79. The van der Waals surface area contributed by atoms with Crippen LogP contribution in [0.4, 0.5) is 0 Å². The van der Waals surface area contributed by atoms with Crippen LogP contribution in [-0.2, 0) is 0 Å². The number of likely N-dealkylation sites (N-methyl/N-ethyl adjacent to an activating group) is 1. The third-order valence-corrected chi connectivity index (χ3v) is 2.71. The Bertz CT molecular complexity index is 316. The zero-order valence-corrected chi connectivity index (χ0v) is 8.96. The van der Waals surface area contributed by atoms with Gasteiger partial charge in [0, 0.05) is 30.9 Å². The summed E-state index contributed by atoms with van der Waals surface area (Å²) in [6.45, 7) is 3.10. The van der Waals surface area contributed by atoms with E-state index in [1.807, 2.05) is 6.07 Å². The van der Waals surface area contributed by atoms with Crippen molar-refractivity contribution >= 4 is 11.6 Å². The van der Waals surface area contributed by atoms with Crippen LogP contribution in [0.5, 0.6) is 0 Å². The van der Waals surface area contributed by atoms with E-state index in [-0.39, 0.29) is 0 Å². The molecule has 0 saturated carbocycles.